The normalized spacial score (nSPS) is 12.8. The van der Waals surface area contributed by atoms with Gasteiger partial charge in [-0.2, -0.15) is 5.10 Å². The average Bonchev–Trinajstić information content (AvgIpc) is 2.60. The summed E-state index contributed by atoms with van der Waals surface area (Å²) in [4.78, 5) is 11.9. The van der Waals surface area contributed by atoms with Crippen molar-refractivity contribution in [2.24, 2.45) is 13.0 Å². The molecule has 3 N–H and O–H groups in total. The molecule has 1 heterocycles. The van der Waals surface area contributed by atoms with Gasteiger partial charge < -0.3 is 15.6 Å². The van der Waals surface area contributed by atoms with E-state index in [2.05, 4.69) is 5.10 Å². The Bertz CT molecular complexity index is 426. The third-order valence-electron chi connectivity index (χ3n) is 2.84. The summed E-state index contributed by atoms with van der Waals surface area (Å²) in [5, 5.41) is 13.7. The molecule has 0 saturated carbocycles. The smallest absolute Gasteiger partial charge is 0.358 e. The molecule has 0 spiro atoms. The first kappa shape index (κ1) is 14.5. The van der Waals surface area contributed by atoms with E-state index in [9.17, 15) is 9.90 Å². The first-order valence-electron chi connectivity index (χ1n) is 6.05. The number of anilines is 1. The van der Waals surface area contributed by atoms with E-state index in [1.165, 1.54) is 4.68 Å². The first-order valence-corrected chi connectivity index (χ1v) is 6.05. The number of aryl methyl sites for hydroxylation is 2. The van der Waals surface area contributed by atoms with Crippen LogP contribution < -0.4 is 5.73 Å². The lowest BCUT2D eigenvalue weighted by Gasteiger charge is -2.14. The lowest BCUT2D eigenvalue weighted by atomic mass is 10.1. The number of nitrogens with zero attached hydrogens (tertiary/aromatic N) is 2. The molecule has 6 heteroatoms. The van der Waals surface area contributed by atoms with Crippen LogP contribution in [-0.2, 0) is 18.2 Å². The highest BCUT2D eigenvalue weighted by molar-refractivity contribution is 5.93. The fourth-order valence-corrected chi connectivity index (χ4v) is 1.52. The molecule has 0 aromatic carbocycles. The number of carbonyl (C=O) groups is 1. The molecule has 1 atom stereocenters. The highest BCUT2D eigenvalue weighted by atomic mass is 16.5. The zero-order valence-corrected chi connectivity index (χ0v) is 11.3. The van der Waals surface area contributed by atoms with Crippen molar-refractivity contribution >= 4 is 11.7 Å². The third kappa shape index (κ3) is 3.01. The molecule has 0 saturated heterocycles. The molecular weight excluding hydrogens is 234 g/mol. The van der Waals surface area contributed by atoms with Crippen LogP contribution in [0.2, 0.25) is 0 Å². The van der Waals surface area contributed by atoms with Gasteiger partial charge in [-0.3, -0.25) is 4.68 Å². The van der Waals surface area contributed by atoms with E-state index in [1.807, 2.05) is 20.8 Å². The molecule has 0 aliphatic heterocycles. The predicted octanol–water partition coefficient (Wildman–Crippen LogP) is 0.738. The van der Waals surface area contributed by atoms with E-state index < -0.39 is 12.1 Å². The zero-order valence-electron chi connectivity index (χ0n) is 11.3. The Morgan fingerprint density at radius 2 is 2.17 bits per heavy atom. The van der Waals surface area contributed by atoms with E-state index in [0.29, 0.717) is 17.8 Å². The second kappa shape index (κ2) is 5.86. The summed E-state index contributed by atoms with van der Waals surface area (Å²) < 4.78 is 6.46. The number of esters is 1. The number of hydrogen-bond acceptors (Lipinski definition) is 5. The van der Waals surface area contributed by atoms with Crippen molar-refractivity contribution < 1.29 is 14.6 Å². The molecule has 0 fully saturated rings. The number of rotatable bonds is 5. The standard InChI is InChI=1S/C12H21N3O3/c1-5-8-10(13)11(15(4)14-8)12(17)18-6-9(16)7(2)3/h7,9,16H,5-6,13H2,1-4H3. The summed E-state index contributed by atoms with van der Waals surface area (Å²) in [6.07, 6.45) is -0.0178. The molecule has 6 nitrogen and oxygen atoms in total. The predicted molar refractivity (Wildman–Crippen MR) is 68.1 cm³/mol. The Labute approximate surface area is 107 Å². The zero-order chi connectivity index (χ0) is 13.9. The monoisotopic (exact) mass is 255 g/mol. The van der Waals surface area contributed by atoms with E-state index >= 15 is 0 Å². The maximum absolute atomic E-state index is 11.9. The molecule has 102 valence electrons. The summed E-state index contributed by atoms with van der Waals surface area (Å²) in [5.74, 6) is -0.519. The summed E-state index contributed by atoms with van der Waals surface area (Å²) in [6.45, 7) is 5.58. The van der Waals surface area contributed by atoms with Crippen LogP contribution in [-0.4, -0.2) is 33.6 Å². The van der Waals surface area contributed by atoms with Gasteiger partial charge >= 0.3 is 5.97 Å². The summed E-state index contributed by atoms with van der Waals surface area (Å²) in [5.41, 5.74) is 7.10. The lowest BCUT2D eigenvalue weighted by molar-refractivity contribution is 0.0128. The maximum Gasteiger partial charge on any atom is 0.358 e. The molecule has 0 radical (unpaired) electrons. The van der Waals surface area contributed by atoms with Crippen LogP contribution in [0.3, 0.4) is 0 Å². The van der Waals surface area contributed by atoms with Crippen LogP contribution in [0.15, 0.2) is 0 Å². The highest BCUT2D eigenvalue weighted by Gasteiger charge is 2.21. The largest absolute Gasteiger partial charge is 0.458 e. The molecule has 18 heavy (non-hydrogen) atoms. The minimum atomic E-state index is -0.672. The van der Waals surface area contributed by atoms with E-state index in [1.54, 1.807) is 7.05 Å². The van der Waals surface area contributed by atoms with Crippen molar-refractivity contribution in [3.05, 3.63) is 11.4 Å². The first-order chi connectivity index (χ1) is 8.38. The van der Waals surface area contributed by atoms with Crippen molar-refractivity contribution in [2.45, 2.75) is 33.3 Å². The SMILES string of the molecule is CCc1nn(C)c(C(=O)OCC(O)C(C)C)c1N. The van der Waals surface area contributed by atoms with Crippen LogP contribution in [0.4, 0.5) is 5.69 Å². The Morgan fingerprint density at radius 3 is 2.61 bits per heavy atom. The van der Waals surface area contributed by atoms with E-state index in [-0.39, 0.29) is 18.2 Å². The molecule has 0 bridgehead atoms. The van der Waals surface area contributed by atoms with Crippen LogP contribution in [0, 0.1) is 5.92 Å². The number of aliphatic hydroxyl groups is 1. The van der Waals surface area contributed by atoms with Crippen LogP contribution >= 0.6 is 0 Å². The minimum Gasteiger partial charge on any atom is -0.458 e. The Balaban J connectivity index is 2.76. The second-order valence-corrected chi connectivity index (χ2v) is 4.60. The average molecular weight is 255 g/mol. The molecule has 1 aromatic rings. The molecule has 1 rings (SSSR count). The van der Waals surface area contributed by atoms with Gasteiger partial charge in [0.25, 0.3) is 0 Å². The number of ether oxygens (including phenoxy) is 1. The topological polar surface area (TPSA) is 90.4 Å². The van der Waals surface area contributed by atoms with Gasteiger partial charge in [0.1, 0.15) is 6.61 Å². The van der Waals surface area contributed by atoms with Crippen molar-refractivity contribution in [3.8, 4) is 0 Å². The van der Waals surface area contributed by atoms with Crippen molar-refractivity contribution in [1.29, 1.82) is 0 Å². The fourth-order valence-electron chi connectivity index (χ4n) is 1.52. The Kier molecular flexibility index (Phi) is 4.72. The van der Waals surface area contributed by atoms with E-state index in [4.69, 9.17) is 10.5 Å². The van der Waals surface area contributed by atoms with Gasteiger partial charge in [0.15, 0.2) is 5.69 Å². The molecule has 1 aromatic heterocycles. The number of nitrogen functional groups attached to an aromatic ring is 1. The number of aliphatic hydroxyl groups excluding tert-OH is 1. The quantitative estimate of drug-likeness (QED) is 0.757. The van der Waals surface area contributed by atoms with Gasteiger partial charge in [-0.1, -0.05) is 20.8 Å². The lowest BCUT2D eigenvalue weighted by Crippen LogP contribution is -2.24. The summed E-state index contributed by atoms with van der Waals surface area (Å²) in [7, 11) is 1.64. The van der Waals surface area contributed by atoms with E-state index in [0.717, 1.165) is 0 Å². The van der Waals surface area contributed by atoms with Crippen molar-refractivity contribution in [2.75, 3.05) is 12.3 Å². The highest BCUT2D eigenvalue weighted by Crippen LogP contribution is 2.18. The molecular formula is C12H21N3O3. The minimum absolute atomic E-state index is 0.0351. The van der Waals surface area contributed by atoms with Gasteiger partial charge in [-0.25, -0.2) is 4.79 Å². The summed E-state index contributed by atoms with van der Waals surface area (Å²) >= 11 is 0. The van der Waals surface area contributed by atoms with Crippen LogP contribution in [0.1, 0.15) is 37.0 Å². The third-order valence-corrected chi connectivity index (χ3v) is 2.84. The van der Waals surface area contributed by atoms with Gasteiger partial charge in [0, 0.05) is 7.05 Å². The van der Waals surface area contributed by atoms with Gasteiger partial charge in [-0.05, 0) is 12.3 Å². The Morgan fingerprint density at radius 1 is 1.56 bits per heavy atom. The van der Waals surface area contributed by atoms with Gasteiger partial charge in [0.05, 0.1) is 17.5 Å². The molecule has 0 amide bonds. The fraction of sp³-hybridized carbons (Fsp3) is 0.667. The molecule has 0 aliphatic carbocycles. The van der Waals surface area contributed by atoms with Crippen molar-refractivity contribution in [3.63, 3.8) is 0 Å². The Hall–Kier alpha value is -1.56. The van der Waals surface area contributed by atoms with Gasteiger partial charge in [-0.15, -0.1) is 0 Å². The van der Waals surface area contributed by atoms with Crippen molar-refractivity contribution in [1.82, 2.24) is 9.78 Å². The second-order valence-electron chi connectivity index (χ2n) is 4.60. The molecule has 0 aliphatic rings. The maximum atomic E-state index is 11.9. The van der Waals surface area contributed by atoms with Crippen LogP contribution in [0.5, 0.6) is 0 Å². The number of carbonyl (C=O) groups excluding carboxylic acids is 1. The summed E-state index contributed by atoms with van der Waals surface area (Å²) in [6, 6.07) is 0. The number of hydrogen-bond donors (Lipinski definition) is 2. The van der Waals surface area contributed by atoms with Gasteiger partial charge in [0.2, 0.25) is 0 Å². The number of aromatic nitrogens is 2. The number of nitrogens with two attached hydrogens (primary N) is 1. The molecule has 1 unspecified atom stereocenters. The van der Waals surface area contributed by atoms with Crippen LogP contribution in [0.25, 0.3) is 0 Å².